The predicted octanol–water partition coefficient (Wildman–Crippen LogP) is 3.89. The fourth-order valence-electron chi connectivity index (χ4n) is 1.57. The van der Waals surface area contributed by atoms with Crippen LogP contribution in [0, 0.1) is 18.3 Å². The number of ether oxygens (including phenoxy) is 1. The third-order valence-electron chi connectivity index (χ3n) is 2.48. The molecule has 0 unspecified atom stereocenters. The van der Waals surface area contributed by atoms with Crippen LogP contribution in [0.1, 0.15) is 11.1 Å². The van der Waals surface area contributed by atoms with Crippen molar-refractivity contribution in [2.45, 2.75) is 6.92 Å². The predicted molar refractivity (Wildman–Crippen MR) is 71.8 cm³/mol. The average molecular weight is 259 g/mol. The van der Waals surface area contributed by atoms with Gasteiger partial charge in [0.15, 0.2) is 0 Å². The Kier molecular flexibility index (Phi) is 3.40. The van der Waals surface area contributed by atoms with Gasteiger partial charge < -0.3 is 10.5 Å². The lowest BCUT2D eigenvalue weighted by Crippen LogP contribution is -1.92. The number of anilines is 1. The SMILES string of the molecule is Cc1cc(Cl)ccc1Oc1ccc(N)cc1C#N. The van der Waals surface area contributed by atoms with E-state index in [2.05, 4.69) is 6.07 Å². The van der Waals surface area contributed by atoms with Crippen molar-refractivity contribution in [3.8, 4) is 17.6 Å². The Labute approximate surface area is 110 Å². The van der Waals surface area contributed by atoms with Crippen LogP contribution in [-0.2, 0) is 0 Å². The molecule has 0 aromatic heterocycles. The van der Waals surface area contributed by atoms with Crippen molar-refractivity contribution in [2.24, 2.45) is 0 Å². The smallest absolute Gasteiger partial charge is 0.145 e. The van der Waals surface area contributed by atoms with Gasteiger partial charge in [-0.05, 0) is 48.9 Å². The summed E-state index contributed by atoms with van der Waals surface area (Å²) >= 11 is 5.87. The van der Waals surface area contributed by atoms with E-state index in [4.69, 9.17) is 27.3 Å². The molecule has 18 heavy (non-hydrogen) atoms. The first-order valence-electron chi connectivity index (χ1n) is 5.34. The van der Waals surface area contributed by atoms with Gasteiger partial charge >= 0.3 is 0 Å². The standard InChI is InChI=1S/C14H11ClN2O/c1-9-6-11(15)2-4-13(9)18-14-5-3-12(17)7-10(14)8-16/h2-7H,17H2,1H3. The molecule has 0 saturated carbocycles. The Morgan fingerprint density at radius 3 is 2.56 bits per heavy atom. The summed E-state index contributed by atoms with van der Waals surface area (Å²) in [6.45, 7) is 1.89. The minimum atomic E-state index is 0.407. The zero-order chi connectivity index (χ0) is 13.1. The number of nitrogens with two attached hydrogens (primary N) is 1. The molecule has 0 aliphatic carbocycles. The van der Waals surface area contributed by atoms with E-state index in [0.717, 1.165) is 5.56 Å². The molecule has 0 saturated heterocycles. The van der Waals surface area contributed by atoms with Gasteiger partial charge in [-0.15, -0.1) is 0 Å². The molecule has 0 aliphatic rings. The van der Waals surface area contributed by atoms with Gasteiger partial charge in [-0.3, -0.25) is 0 Å². The fraction of sp³-hybridized carbons (Fsp3) is 0.0714. The van der Waals surface area contributed by atoms with Gasteiger partial charge in [-0.1, -0.05) is 11.6 Å². The largest absolute Gasteiger partial charge is 0.456 e. The van der Waals surface area contributed by atoms with Crippen molar-refractivity contribution in [1.29, 1.82) is 5.26 Å². The lowest BCUT2D eigenvalue weighted by atomic mass is 10.2. The molecule has 0 bridgehead atoms. The lowest BCUT2D eigenvalue weighted by molar-refractivity contribution is 0.477. The summed E-state index contributed by atoms with van der Waals surface area (Å²) in [6, 6.07) is 12.3. The van der Waals surface area contributed by atoms with Crippen LogP contribution in [0.4, 0.5) is 5.69 Å². The maximum atomic E-state index is 9.03. The number of halogens is 1. The monoisotopic (exact) mass is 258 g/mol. The summed E-state index contributed by atoms with van der Waals surface area (Å²) < 4.78 is 5.70. The Bertz CT molecular complexity index is 632. The van der Waals surface area contributed by atoms with Crippen molar-refractivity contribution in [3.05, 3.63) is 52.5 Å². The van der Waals surface area contributed by atoms with Crippen LogP contribution < -0.4 is 10.5 Å². The maximum absolute atomic E-state index is 9.03. The van der Waals surface area contributed by atoms with Crippen LogP contribution >= 0.6 is 11.6 Å². The fourth-order valence-corrected chi connectivity index (χ4v) is 1.80. The molecular weight excluding hydrogens is 248 g/mol. The number of aryl methyl sites for hydroxylation is 1. The molecule has 0 spiro atoms. The minimum absolute atomic E-state index is 0.407. The van der Waals surface area contributed by atoms with Crippen LogP contribution in [-0.4, -0.2) is 0 Å². The number of hydrogen-bond donors (Lipinski definition) is 1. The lowest BCUT2D eigenvalue weighted by Gasteiger charge is -2.10. The summed E-state index contributed by atoms with van der Waals surface area (Å²) in [4.78, 5) is 0. The number of nitrogen functional groups attached to an aromatic ring is 1. The molecule has 0 radical (unpaired) electrons. The molecule has 0 atom stereocenters. The summed E-state index contributed by atoms with van der Waals surface area (Å²) in [7, 11) is 0. The number of hydrogen-bond acceptors (Lipinski definition) is 3. The molecule has 2 rings (SSSR count). The van der Waals surface area contributed by atoms with Crippen LogP contribution in [0.5, 0.6) is 11.5 Å². The first-order valence-corrected chi connectivity index (χ1v) is 5.71. The van der Waals surface area contributed by atoms with Crippen LogP contribution in [0.15, 0.2) is 36.4 Å². The molecule has 0 fully saturated rings. The van der Waals surface area contributed by atoms with Gasteiger partial charge in [-0.2, -0.15) is 5.26 Å². The number of benzene rings is 2. The van der Waals surface area contributed by atoms with Gasteiger partial charge in [-0.25, -0.2) is 0 Å². The second-order valence-corrected chi connectivity index (χ2v) is 4.32. The normalized spacial score (nSPS) is 9.83. The van der Waals surface area contributed by atoms with E-state index < -0.39 is 0 Å². The van der Waals surface area contributed by atoms with Gasteiger partial charge in [0.05, 0.1) is 5.56 Å². The minimum Gasteiger partial charge on any atom is -0.456 e. The van der Waals surface area contributed by atoms with E-state index in [0.29, 0.717) is 27.8 Å². The Morgan fingerprint density at radius 2 is 1.89 bits per heavy atom. The number of nitrogens with zero attached hydrogens (tertiary/aromatic N) is 1. The van der Waals surface area contributed by atoms with Crippen molar-refractivity contribution in [1.82, 2.24) is 0 Å². The number of rotatable bonds is 2. The Balaban J connectivity index is 2.37. The van der Waals surface area contributed by atoms with Crippen LogP contribution in [0.25, 0.3) is 0 Å². The van der Waals surface area contributed by atoms with E-state index in [-0.39, 0.29) is 0 Å². The van der Waals surface area contributed by atoms with Gasteiger partial charge in [0, 0.05) is 10.7 Å². The molecule has 2 N–H and O–H groups in total. The highest BCUT2D eigenvalue weighted by Crippen LogP contribution is 2.30. The zero-order valence-electron chi connectivity index (χ0n) is 9.77. The van der Waals surface area contributed by atoms with Gasteiger partial charge in [0.2, 0.25) is 0 Å². The van der Waals surface area contributed by atoms with Gasteiger partial charge in [0.25, 0.3) is 0 Å². The number of nitriles is 1. The van der Waals surface area contributed by atoms with E-state index in [1.807, 2.05) is 6.92 Å². The highest BCUT2D eigenvalue weighted by molar-refractivity contribution is 6.30. The second-order valence-electron chi connectivity index (χ2n) is 3.88. The molecule has 2 aromatic rings. The first kappa shape index (κ1) is 12.3. The van der Waals surface area contributed by atoms with E-state index in [1.165, 1.54) is 0 Å². The Morgan fingerprint density at radius 1 is 1.17 bits per heavy atom. The molecule has 3 nitrogen and oxygen atoms in total. The van der Waals surface area contributed by atoms with E-state index in [9.17, 15) is 0 Å². The van der Waals surface area contributed by atoms with Crippen LogP contribution in [0.2, 0.25) is 5.02 Å². The highest BCUT2D eigenvalue weighted by atomic mass is 35.5. The maximum Gasteiger partial charge on any atom is 0.145 e. The Hall–Kier alpha value is -2.18. The molecule has 0 amide bonds. The summed E-state index contributed by atoms with van der Waals surface area (Å²) in [5.41, 5.74) is 7.47. The molecule has 2 aromatic carbocycles. The topological polar surface area (TPSA) is 59.0 Å². The third kappa shape index (κ3) is 2.55. The third-order valence-corrected chi connectivity index (χ3v) is 2.72. The van der Waals surface area contributed by atoms with Crippen molar-refractivity contribution < 1.29 is 4.74 Å². The average Bonchev–Trinajstić information content (AvgIpc) is 2.34. The molecule has 90 valence electrons. The summed E-state index contributed by atoms with van der Waals surface area (Å²) in [5, 5.41) is 9.68. The molecule has 0 heterocycles. The first-order chi connectivity index (χ1) is 8.60. The summed E-state index contributed by atoms with van der Waals surface area (Å²) in [6.07, 6.45) is 0. The zero-order valence-corrected chi connectivity index (χ0v) is 10.5. The van der Waals surface area contributed by atoms with Crippen LogP contribution in [0.3, 0.4) is 0 Å². The molecule has 4 heteroatoms. The van der Waals surface area contributed by atoms with E-state index in [1.54, 1.807) is 36.4 Å². The quantitative estimate of drug-likeness (QED) is 0.831. The molecule has 0 aliphatic heterocycles. The van der Waals surface area contributed by atoms with Crippen molar-refractivity contribution in [3.63, 3.8) is 0 Å². The summed E-state index contributed by atoms with van der Waals surface area (Å²) in [5.74, 6) is 1.15. The van der Waals surface area contributed by atoms with E-state index >= 15 is 0 Å². The highest BCUT2D eigenvalue weighted by Gasteiger charge is 2.07. The van der Waals surface area contributed by atoms with Crippen molar-refractivity contribution in [2.75, 3.05) is 5.73 Å². The molecular formula is C14H11ClN2O. The second kappa shape index (κ2) is 4.99. The van der Waals surface area contributed by atoms with Crippen molar-refractivity contribution >= 4 is 17.3 Å². The van der Waals surface area contributed by atoms with Gasteiger partial charge in [0.1, 0.15) is 17.6 Å².